The van der Waals surface area contributed by atoms with Crippen LogP contribution in [-0.2, 0) is 4.74 Å². The molecule has 3 aliphatic rings. The molecule has 36 heavy (non-hydrogen) atoms. The van der Waals surface area contributed by atoms with E-state index in [1.165, 1.54) is 6.42 Å². The monoisotopic (exact) mass is 489 g/mol. The molecule has 2 saturated heterocycles. The Morgan fingerprint density at radius 3 is 2.53 bits per heavy atom. The summed E-state index contributed by atoms with van der Waals surface area (Å²) in [5.74, 6) is 0.0766. The minimum absolute atomic E-state index is 0.0847. The average Bonchev–Trinajstić information content (AvgIpc) is 3.04. The third-order valence-electron chi connectivity index (χ3n) is 8.14. The van der Waals surface area contributed by atoms with Gasteiger partial charge in [0.15, 0.2) is 11.3 Å². The third-order valence-corrected chi connectivity index (χ3v) is 8.14. The van der Waals surface area contributed by atoms with E-state index in [9.17, 15) is 9.90 Å². The number of para-hydroxylation sites is 1. The minimum Gasteiger partial charge on any atom is -0.477 e. The number of aromatic carboxylic acids is 1. The first-order chi connectivity index (χ1) is 17.7. The highest BCUT2D eigenvalue weighted by atomic mass is 16.5. The summed E-state index contributed by atoms with van der Waals surface area (Å²) in [6, 6.07) is 11.7. The van der Waals surface area contributed by atoms with Crippen molar-refractivity contribution in [1.29, 1.82) is 0 Å². The molecule has 0 spiro atoms. The van der Waals surface area contributed by atoms with Crippen molar-refractivity contribution in [2.45, 2.75) is 44.4 Å². The van der Waals surface area contributed by atoms with Crippen LogP contribution in [-0.4, -0.2) is 76.7 Å². The van der Waals surface area contributed by atoms with Crippen molar-refractivity contribution in [2.75, 3.05) is 50.8 Å². The molecule has 6 rings (SSSR count). The number of carboxylic acid groups (broad SMARTS) is 1. The van der Waals surface area contributed by atoms with Gasteiger partial charge in [-0.2, -0.15) is 5.10 Å². The fraction of sp³-hybridized carbons (Fsp3) is 0.536. The first-order valence-corrected chi connectivity index (χ1v) is 13.4. The lowest BCUT2D eigenvalue weighted by Gasteiger charge is -2.36. The van der Waals surface area contributed by atoms with Crippen molar-refractivity contribution < 1.29 is 14.6 Å². The lowest BCUT2D eigenvalue weighted by Crippen LogP contribution is -2.39. The lowest BCUT2D eigenvalue weighted by atomic mass is 9.81. The van der Waals surface area contributed by atoms with Gasteiger partial charge >= 0.3 is 5.97 Å². The molecule has 8 nitrogen and oxygen atoms in total. The van der Waals surface area contributed by atoms with Gasteiger partial charge in [0.05, 0.1) is 29.1 Å². The lowest BCUT2D eigenvalue weighted by molar-refractivity contribution is 0.0691. The van der Waals surface area contributed by atoms with Crippen LogP contribution < -0.4 is 4.90 Å². The van der Waals surface area contributed by atoms with Crippen LogP contribution in [0.25, 0.3) is 16.7 Å². The van der Waals surface area contributed by atoms with E-state index in [1.54, 1.807) is 6.07 Å². The Balaban J connectivity index is 1.34. The molecule has 0 amide bonds. The Morgan fingerprint density at radius 2 is 1.81 bits per heavy atom. The van der Waals surface area contributed by atoms with Gasteiger partial charge < -0.3 is 19.6 Å². The van der Waals surface area contributed by atoms with Crippen LogP contribution in [0.15, 0.2) is 36.4 Å². The molecule has 0 bridgehead atoms. The maximum Gasteiger partial charge on any atom is 0.354 e. The van der Waals surface area contributed by atoms with Crippen molar-refractivity contribution in [3.63, 3.8) is 0 Å². The number of ether oxygens (including phenoxy) is 1. The van der Waals surface area contributed by atoms with Crippen molar-refractivity contribution in [3.05, 3.63) is 47.8 Å². The quantitative estimate of drug-likeness (QED) is 0.552. The molecule has 2 aliphatic heterocycles. The molecular formula is C28H35N5O3. The summed E-state index contributed by atoms with van der Waals surface area (Å²) in [5.41, 5.74) is 3.72. The zero-order valence-electron chi connectivity index (χ0n) is 20.8. The number of hydrogen-bond donors (Lipinski definition) is 1. The van der Waals surface area contributed by atoms with Gasteiger partial charge in [0.1, 0.15) is 0 Å². The zero-order chi connectivity index (χ0) is 24.5. The van der Waals surface area contributed by atoms with Gasteiger partial charge in [-0.3, -0.25) is 0 Å². The fourth-order valence-corrected chi connectivity index (χ4v) is 5.90. The number of aromatic nitrogens is 3. The van der Waals surface area contributed by atoms with Crippen molar-refractivity contribution >= 4 is 22.7 Å². The summed E-state index contributed by atoms with van der Waals surface area (Å²) >= 11 is 0. The Bertz CT molecular complexity index is 1210. The highest BCUT2D eigenvalue weighted by Crippen LogP contribution is 2.43. The van der Waals surface area contributed by atoms with E-state index in [1.807, 2.05) is 35.0 Å². The highest BCUT2D eigenvalue weighted by Gasteiger charge is 2.31. The second-order valence-electron chi connectivity index (χ2n) is 10.5. The predicted molar refractivity (Wildman–Crippen MR) is 139 cm³/mol. The molecule has 3 fully saturated rings. The number of carboxylic acids is 1. The third kappa shape index (κ3) is 4.60. The number of fused-ring (bicyclic) bond motifs is 1. The predicted octanol–water partition coefficient (Wildman–Crippen LogP) is 4.32. The largest absolute Gasteiger partial charge is 0.477 e. The van der Waals surface area contributed by atoms with Crippen LogP contribution in [0.1, 0.15) is 60.6 Å². The SMILES string of the molecule is O=C(O)c1cc(N2CCC(CN3CCCOCC3)CC2)c2c(C3CCC3)nn(-c3ccccc3)c2n1. The molecule has 0 radical (unpaired) electrons. The van der Waals surface area contributed by atoms with Gasteiger partial charge in [-0.1, -0.05) is 24.6 Å². The molecule has 1 N–H and O–H groups in total. The average molecular weight is 490 g/mol. The van der Waals surface area contributed by atoms with Crippen LogP contribution in [0.3, 0.4) is 0 Å². The Kier molecular flexibility index (Phi) is 6.63. The van der Waals surface area contributed by atoms with Gasteiger partial charge in [0.2, 0.25) is 0 Å². The number of nitrogens with zero attached hydrogens (tertiary/aromatic N) is 5. The van der Waals surface area contributed by atoms with E-state index in [0.717, 1.165) is 100 Å². The van der Waals surface area contributed by atoms with Crippen LogP contribution in [0.2, 0.25) is 0 Å². The summed E-state index contributed by atoms with van der Waals surface area (Å²) in [6.07, 6.45) is 6.80. The molecule has 1 aliphatic carbocycles. The Labute approximate surface area is 211 Å². The summed E-state index contributed by atoms with van der Waals surface area (Å²) in [7, 11) is 0. The molecule has 8 heteroatoms. The number of piperidine rings is 1. The Hall–Kier alpha value is -2.97. The van der Waals surface area contributed by atoms with Crippen LogP contribution in [0.5, 0.6) is 0 Å². The molecular weight excluding hydrogens is 454 g/mol. The molecule has 0 unspecified atom stereocenters. The van der Waals surface area contributed by atoms with E-state index in [2.05, 4.69) is 14.8 Å². The minimum atomic E-state index is -0.998. The number of benzene rings is 1. The normalized spacial score (nSPS) is 20.4. The van der Waals surface area contributed by atoms with Crippen molar-refractivity contribution in [2.24, 2.45) is 5.92 Å². The van der Waals surface area contributed by atoms with Gasteiger partial charge in [0.25, 0.3) is 0 Å². The molecule has 4 heterocycles. The first-order valence-electron chi connectivity index (χ1n) is 13.4. The zero-order valence-corrected chi connectivity index (χ0v) is 20.8. The van der Waals surface area contributed by atoms with Gasteiger partial charge in [-0.15, -0.1) is 0 Å². The molecule has 2 aromatic heterocycles. The fourth-order valence-electron chi connectivity index (χ4n) is 5.90. The van der Waals surface area contributed by atoms with Crippen LogP contribution >= 0.6 is 0 Å². The maximum absolute atomic E-state index is 12.1. The van der Waals surface area contributed by atoms with E-state index < -0.39 is 5.97 Å². The topological polar surface area (TPSA) is 83.7 Å². The maximum atomic E-state index is 12.1. The second kappa shape index (κ2) is 10.2. The summed E-state index contributed by atoms with van der Waals surface area (Å²) < 4.78 is 7.48. The van der Waals surface area contributed by atoms with E-state index in [-0.39, 0.29) is 5.69 Å². The molecule has 1 aromatic carbocycles. The van der Waals surface area contributed by atoms with Gasteiger partial charge in [-0.25, -0.2) is 14.5 Å². The van der Waals surface area contributed by atoms with E-state index in [4.69, 9.17) is 9.84 Å². The summed E-state index contributed by atoms with van der Waals surface area (Å²) in [5, 5.41) is 16.0. The van der Waals surface area contributed by atoms with Crippen molar-refractivity contribution in [1.82, 2.24) is 19.7 Å². The summed E-state index contributed by atoms with van der Waals surface area (Å²) in [6.45, 7) is 6.83. The number of carbonyl (C=O) groups is 1. The van der Waals surface area contributed by atoms with E-state index >= 15 is 0 Å². The standard InChI is InChI=1S/C28H35N5O3/c34-28(35)23-18-24(32-13-10-20(11-14-32)19-31-12-5-16-36-17-15-31)25-26(21-6-4-7-21)30-33(27(25)29-23)22-8-2-1-3-9-22/h1-3,8-9,18,20-21H,4-7,10-17,19H2,(H,34,35). The van der Waals surface area contributed by atoms with Crippen molar-refractivity contribution in [3.8, 4) is 5.69 Å². The molecule has 0 atom stereocenters. The molecule has 3 aromatic rings. The van der Waals surface area contributed by atoms with Crippen LogP contribution in [0, 0.1) is 5.92 Å². The highest BCUT2D eigenvalue weighted by molar-refractivity contribution is 5.98. The van der Waals surface area contributed by atoms with Gasteiger partial charge in [-0.05, 0) is 56.2 Å². The second-order valence-corrected chi connectivity index (χ2v) is 10.5. The Morgan fingerprint density at radius 1 is 1.00 bits per heavy atom. The molecule has 190 valence electrons. The summed E-state index contributed by atoms with van der Waals surface area (Å²) in [4.78, 5) is 21.7. The number of anilines is 1. The van der Waals surface area contributed by atoms with E-state index in [0.29, 0.717) is 17.5 Å². The number of hydrogen-bond acceptors (Lipinski definition) is 6. The first kappa shape index (κ1) is 23.4. The van der Waals surface area contributed by atoms with Crippen LogP contribution in [0.4, 0.5) is 5.69 Å². The van der Waals surface area contributed by atoms with Gasteiger partial charge in [0, 0.05) is 45.2 Å². The smallest absolute Gasteiger partial charge is 0.354 e. The number of rotatable bonds is 6. The number of pyridine rings is 1. The molecule has 1 saturated carbocycles.